The van der Waals surface area contributed by atoms with Crippen LogP contribution in [0.5, 0.6) is 0 Å². The fourth-order valence-electron chi connectivity index (χ4n) is 6.11. The van der Waals surface area contributed by atoms with Gasteiger partial charge in [0, 0.05) is 25.7 Å². The fourth-order valence-corrected chi connectivity index (χ4v) is 6.11. The highest BCUT2D eigenvalue weighted by Gasteiger charge is 2.40. The largest absolute Gasteiger partial charge is 0.481 e. The van der Waals surface area contributed by atoms with E-state index in [1.165, 1.54) is 78.1 Å². The molecule has 2 unspecified atom stereocenters. The molecule has 0 rings (SSSR count). The first kappa shape index (κ1) is 50.7. The van der Waals surface area contributed by atoms with Crippen molar-refractivity contribution < 1.29 is 48.1 Å². The smallest absolute Gasteiger partial charge is 0.316 e. The minimum absolute atomic E-state index is 0.00585. The van der Waals surface area contributed by atoms with E-state index in [-0.39, 0.29) is 55.5 Å². The number of Topliss-reactive ketones (excluding diaryl/α,β-unsaturated/α-hetero) is 2. The summed E-state index contributed by atoms with van der Waals surface area (Å²) in [5.74, 6) is -3.92. The Labute approximate surface area is 325 Å². The average molecular weight is 767 g/mol. The van der Waals surface area contributed by atoms with E-state index in [0.29, 0.717) is 12.8 Å². The van der Waals surface area contributed by atoms with E-state index in [2.05, 4.69) is 24.5 Å². The maximum absolute atomic E-state index is 12.6. The Hall–Kier alpha value is -3.31. The van der Waals surface area contributed by atoms with Crippen LogP contribution in [0.25, 0.3) is 0 Å². The van der Waals surface area contributed by atoms with Crippen LogP contribution in [0.15, 0.2) is 0 Å². The van der Waals surface area contributed by atoms with Gasteiger partial charge in [-0.25, -0.2) is 0 Å². The topological polar surface area (TPSA) is 182 Å². The highest BCUT2D eigenvalue weighted by molar-refractivity contribution is 5.88. The SMILES string of the molecule is CCCCCCCCCCCC(=O)NC(CCC(=O)OCC(CC)(COC(=O)CCC(NC(=O)CCCCCCCCCCC)C(C)=O)C(=O)O)C(C)=O. The van der Waals surface area contributed by atoms with Crippen molar-refractivity contribution in [3.05, 3.63) is 0 Å². The Kier molecular flexibility index (Phi) is 30.0. The molecule has 2 amide bonds. The van der Waals surface area contributed by atoms with Gasteiger partial charge in [-0.3, -0.25) is 33.6 Å². The van der Waals surface area contributed by atoms with E-state index < -0.39 is 48.6 Å². The van der Waals surface area contributed by atoms with Crippen molar-refractivity contribution in [3.63, 3.8) is 0 Å². The molecule has 0 heterocycles. The van der Waals surface area contributed by atoms with E-state index in [4.69, 9.17) is 9.47 Å². The Morgan fingerprint density at radius 2 is 0.815 bits per heavy atom. The molecule has 0 spiro atoms. The summed E-state index contributed by atoms with van der Waals surface area (Å²) in [6, 6.07) is -1.73. The number of carboxylic acids is 1. The fraction of sp³-hybridized carbons (Fsp3) is 0.833. The Morgan fingerprint density at radius 1 is 0.500 bits per heavy atom. The number of carbonyl (C=O) groups is 7. The van der Waals surface area contributed by atoms with Gasteiger partial charge in [-0.05, 0) is 46.0 Å². The molecule has 0 radical (unpaired) electrons. The summed E-state index contributed by atoms with van der Waals surface area (Å²) >= 11 is 0. The summed E-state index contributed by atoms with van der Waals surface area (Å²) < 4.78 is 10.6. The first-order valence-corrected chi connectivity index (χ1v) is 21.0. The molecule has 0 bridgehead atoms. The minimum atomic E-state index is -1.71. The van der Waals surface area contributed by atoms with E-state index in [9.17, 15) is 38.7 Å². The number of unbranched alkanes of at least 4 members (excludes halogenated alkanes) is 16. The molecule has 0 fully saturated rings. The molecule has 2 atom stereocenters. The van der Waals surface area contributed by atoms with Gasteiger partial charge >= 0.3 is 17.9 Å². The van der Waals surface area contributed by atoms with Crippen LogP contribution in [0.1, 0.15) is 195 Å². The molecule has 0 aliphatic carbocycles. The standard InChI is InChI=1S/C42H74N2O10/c1-6-9-11-13-15-17-19-21-23-25-37(47)43-35(33(4)45)27-29-39(49)53-31-42(8-3,41(51)52)32-54-40(50)30-28-36(34(5)46)44-38(48)26-24-22-20-18-16-14-12-10-7-2/h35-36H,6-32H2,1-5H3,(H,43,47)(H,44,48)(H,51,52). The maximum Gasteiger partial charge on any atom is 0.316 e. The number of amides is 2. The van der Waals surface area contributed by atoms with Crippen LogP contribution < -0.4 is 10.6 Å². The van der Waals surface area contributed by atoms with Gasteiger partial charge in [0.25, 0.3) is 0 Å². The van der Waals surface area contributed by atoms with Crippen molar-refractivity contribution in [1.82, 2.24) is 10.6 Å². The molecule has 3 N–H and O–H groups in total. The number of ether oxygens (including phenoxy) is 2. The highest BCUT2D eigenvalue weighted by Crippen LogP contribution is 2.25. The van der Waals surface area contributed by atoms with Crippen molar-refractivity contribution in [2.24, 2.45) is 5.41 Å². The maximum atomic E-state index is 12.6. The lowest BCUT2D eigenvalue weighted by Crippen LogP contribution is -2.42. The molecule has 0 saturated carbocycles. The second-order valence-electron chi connectivity index (χ2n) is 15.0. The van der Waals surface area contributed by atoms with Crippen molar-refractivity contribution in [2.45, 2.75) is 207 Å². The van der Waals surface area contributed by atoms with Gasteiger partial charge in [0.2, 0.25) is 11.8 Å². The van der Waals surface area contributed by atoms with Gasteiger partial charge in [-0.1, -0.05) is 124 Å². The summed E-state index contributed by atoms with van der Waals surface area (Å²) in [6.45, 7) is 7.49. The average Bonchev–Trinajstić information content (AvgIpc) is 3.13. The van der Waals surface area contributed by atoms with Gasteiger partial charge in [0.15, 0.2) is 11.6 Å². The number of carboxylic acid groups (broad SMARTS) is 1. The van der Waals surface area contributed by atoms with E-state index in [1.807, 2.05) is 0 Å². The molecule has 0 saturated heterocycles. The monoisotopic (exact) mass is 767 g/mol. The molecule has 0 aliphatic rings. The van der Waals surface area contributed by atoms with E-state index in [0.717, 1.165) is 51.4 Å². The lowest BCUT2D eigenvalue weighted by Gasteiger charge is -2.27. The van der Waals surface area contributed by atoms with Crippen molar-refractivity contribution in [3.8, 4) is 0 Å². The van der Waals surface area contributed by atoms with Crippen LogP contribution in [0, 0.1) is 5.41 Å². The van der Waals surface area contributed by atoms with E-state index >= 15 is 0 Å². The molecular formula is C42H74N2O10. The van der Waals surface area contributed by atoms with Crippen molar-refractivity contribution in [2.75, 3.05) is 13.2 Å². The lowest BCUT2D eigenvalue weighted by atomic mass is 9.87. The van der Waals surface area contributed by atoms with Crippen LogP contribution in [-0.2, 0) is 43.0 Å². The molecule has 312 valence electrons. The summed E-state index contributed by atoms with van der Waals surface area (Å²) in [4.78, 5) is 86.7. The molecule has 12 heteroatoms. The molecule has 12 nitrogen and oxygen atoms in total. The first-order chi connectivity index (χ1) is 25.8. The van der Waals surface area contributed by atoms with Gasteiger partial charge in [-0.15, -0.1) is 0 Å². The number of aliphatic carboxylic acids is 1. The predicted octanol–water partition coefficient (Wildman–Crippen LogP) is 8.10. The Balaban J connectivity index is 4.67. The van der Waals surface area contributed by atoms with Gasteiger partial charge < -0.3 is 25.2 Å². The van der Waals surface area contributed by atoms with Crippen molar-refractivity contribution >= 4 is 41.3 Å². The van der Waals surface area contributed by atoms with Crippen LogP contribution in [0.2, 0.25) is 0 Å². The zero-order valence-electron chi connectivity index (χ0n) is 34.4. The zero-order chi connectivity index (χ0) is 40.6. The predicted molar refractivity (Wildman–Crippen MR) is 210 cm³/mol. The third-order valence-electron chi connectivity index (χ3n) is 10.1. The third kappa shape index (κ3) is 25.7. The Bertz CT molecular complexity index is 1030. The van der Waals surface area contributed by atoms with Crippen LogP contribution >= 0.6 is 0 Å². The summed E-state index contributed by atoms with van der Waals surface area (Å²) in [5, 5.41) is 15.4. The Morgan fingerprint density at radius 3 is 1.09 bits per heavy atom. The molecule has 0 aromatic carbocycles. The van der Waals surface area contributed by atoms with Gasteiger partial charge in [0.05, 0.1) is 12.1 Å². The number of hydrogen-bond acceptors (Lipinski definition) is 9. The molecule has 0 aromatic rings. The summed E-state index contributed by atoms with van der Waals surface area (Å²) in [6.07, 6.45) is 20.3. The molecular weight excluding hydrogens is 692 g/mol. The van der Waals surface area contributed by atoms with E-state index in [1.54, 1.807) is 6.92 Å². The summed E-state index contributed by atoms with van der Waals surface area (Å²) in [7, 11) is 0. The number of ketones is 2. The quantitative estimate of drug-likeness (QED) is 0.0416. The highest BCUT2D eigenvalue weighted by atomic mass is 16.6. The van der Waals surface area contributed by atoms with Gasteiger partial charge in [0.1, 0.15) is 18.6 Å². The normalized spacial score (nSPS) is 13.3. The second-order valence-corrected chi connectivity index (χ2v) is 15.0. The molecule has 54 heavy (non-hydrogen) atoms. The first-order valence-electron chi connectivity index (χ1n) is 21.0. The van der Waals surface area contributed by atoms with Crippen LogP contribution in [-0.4, -0.2) is 71.7 Å². The van der Waals surface area contributed by atoms with Crippen LogP contribution in [0.3, 0.4) is 0 Å². The number of carbonyl (C=O) groups excluding carboxylic acids is 6. The third-order valence-corrected chi connectivity index (χ3v) is 10.1. The van der Waals surface area contributed by atoms with Crippen molar-refractivity contribution in [1.29, 1.82) is 0 Å². The zero-order valence-corrected chi connectivity index (χ0v) is 34.4. The van der Waals surface area contributed by atoms with Crippen LogP contribution in [0.4, 0.5) is 0 Å². The molecule has 0 aromatic heterocycles. The number of nitrogens with one attached hydrogen (secondary N) is 2. The molecule has 0 aliphatic heterocycles. The minimum Gasteiger partial charge on any atom is -0.481 e. The number of esters is 2. The lowest BCUT2D eigenvalue weighted by molar-refractivity contribution is -0.168. The van der Waals surface area contributed by atoms with Gasteiger partial charge in [-0.2, -0.15) is 0 Å². The number of rotatable bonds is 36. The second kappa shape index (κ2) is 32.0. The summed E-state index contributed by atoms with van der Waals surface area (Å²) in [5.41, 5.74) is -1.71. The number of hydrogen-bond donors (Lipinski definition) is 3.